The van der Waals surface area contributed by atoms with E-state index in [4.69, 9.17) is 10.8 Å². The molecule has 0 bridgehead atoms. The smallest absolute Gasteiger partial charge is 0.320 e. The lowest BCUT2D eigenvalue weighted by molar-refractivity contribution is -0.138. The van der Waals surface area contributed by atoms with Gasteiger partial charge in [0.1, 0.15) is 17.5 Å². The fraction of sp³-hybridized carbons (Fsp3) is 0.417. The van der Waals surface area contributed by atoms with Crippen LogP contribution in [0.5, 0.6) is 0 Å². The summed E-state index contributed by atoms with van der Waals surface area (Å²) in [6.45, 7) is 0. The van der Waals surface area contributed by atoms with Gasteiger partial charge in [0.15, 0.2) is 0 Å². The molecule has 3 nitrogen and oxygen atoms in total. The highest BCUT2D eigenvalue weighted by atomic mass is 35.5. The van der Waals surface area contributed by atoms with Gasteiger partial charge >= 0.3 is 5.97 Å². The second-order valence-electron chi connectivity index (χ2n) is 3.85. The van der Waals surface area contributed by atoms with E-state index in [1.165, 1.54) is 5.56 Å². The fourth-order valence-electron chi connectivity index (χ4n) is 1.38. The van der Waals surface area contributed by atoms with Crippen LogP contribution in [-0.2, 0) is 21.4 Å². The predicted molar refractivity (Wildman–Crippen MR) is 86.2 cm³/mol. The Balaban J connectivity index is -0.000000853. The van der Waals surface area contributed by atoms with Crippen LogP contribution in [0.4, 0.5) is 0 Å². The minimum absolute atomic E-state index is 0. The molecule has 0 aliphatic rings. The Hall–Kier alpha value is -0.0700. The average molecular weight is 346 g/mol. The summed E-state index contributed by atoms with van der Waals surface area (Å²) in [5.41, 5.74) is 6.77. The molecule has 1 aromatic rings. The van der Waals surface area contributed by atoms with Crippen molar-refractivity contribution in [2.45, 2.75) is 18.2 Å². The molecule has 19 heavy (non-hydrogen) atoms. The van der Waals surface area contributed by atoms with E-state index in [9.17, 15) is 4.79 Å². The summed E-state index contributed by atoms with van der Waals surface area (Å²) in [4.78, 5) is 10.5. The van der Waals surface area contributed by atoms with Crippen LogP contribution in [0.2, 0.25) is 0 Å². The minimum atomic E-state index is -0.906. The number of carbonyl (C=O) groups is 1. The van der Waals surface area contributed by atoms with Crippen molar-refractivity contribution in [3.63, 3.8) is 0 Å². The first-order valence-electron chi connectivity index (χ1n) is 5.21. The van der Waals surface area contributed by atoms with Crippen molar-refractivity contribution in [1.29, 1.82) is 0 Å². The van der Waals surface area contributed by atoms with E-state index < -0.39 is 12.0 Å². The quantitative estimate of drug-likeness (QED) is 0.635. The molecule has 0 aromatic heterocycles. The molecular weight excluding hydrogens is 325 g/mol. The Bertz CT molecular complexity index is 342. The van der Waals surface area contributed by atoms with E-state index in [1.807, 2.05) is 18.2 Å². The first-order valence-corrected chi connectivity index (χ1v) is 7.18. The zero-order valence-electron chi connectivity index (χ0n) is 10.7. The number of halogens is 2. The number of nitrogens with two attached hydrogens (primary N) is 1. The van der Waals surface area contributed by atoms with Gasteiger partial charge in [0, 0.05) is 12.0 Å². The van der Waals surface area contributed by atoms with Gasteiger partial charge in [-0.3, -0.25) is 4.79 Å². The third kappa shape index (κ3) is 10.4. The van der Waals surface area contributed by atoms with Gasteiger partial charge in [0.05, 0.1) is 6.26 Å². The molecule has 112 valence electrons. The van der Waals surface area contributed by atoms with E-state index in [0.29, 0.717) is 6.42 Å². The summed E-state index contributed by atoms with van der Waals surface area (Å²) >= 11 is 0. The van der Waals surface area contributed by atoms with Crippen molar-refractivity contribution < 1.29 is 22.3 Å². The summed E-state index contributed by atoms with van der Waals surface area (Å²) in [5, 5.41) is 8.66. The lowest BCUT2D eigenvalue weighted by Gasteiger charge is -2.06. The largest absolute Gasteiger partial charge is 1.00 e. The van der Waals surface area contributed by atoms with Gasteiger partial charge in [0.2, 0.25) is 0 Å². The molecule has 0 heterocycles. The molecule has 1 aromatic carbocycles. The molecule has 0 saturated heterocycles. The molecule has 7 heteroatoms. The molecule has 0 saturated carbocycles. The van der Waals surface area contributed by atoms with Crippen LogP contribution in [-0.4, -0.2) is 29.1 Å². The molecule has 0 aliphatic heterocycles. The van der Waals surface area contributed by atoms with Gasteiger partial charge in [-0.2, -0.15) is 13.5 Å². The highest BCUT2D eigenvalue weighted by Crippen LogP contribution is 2.08. The number of rotatable bonds is 6. The van der Waals surface area contributed by atoms with Crippen molar-refractivity contribution >= 4 is 42.8 Å². The molecule has 1 unspecified atom stereocenters. The predicted octanol–water partition coefficient (Wildman–Crippen LogP) is -1.22. The molecule has 3 N–H and O–H groups in total. The van der Waals surface area contributed by atoms with E-state index in [0.717, 1.165) is 11.5 Å². The van der Waals surface area contributed by atoms with Crippen LogP contribution < -0.4 is 18.1 Å². The Morgan fingerprint density at radius 3 is 2.37 bits per heavy atom. The van der Waals surface area contributed by atoms with Crippen LogP contribution >= 0.6 is 25.9 Å². The molecule has 0 spiro atoms. The number of benzene rings is 1. The number of aliphatic carboxylic acids is 1. The third-order valence-corrected chi connectivity index (χ3v) is 4.11. The topological polar surface area (TPSA) is 63.3 Å². The van der Waals surface area contributed by atoms with Crippen LogP contribution in [0.25, 0.3) is 0 Å². The molecular formula is C12H21Cl2NO2S2. The molecule has 0 fully saturated rings. The number of hydrogen-bond donors (Lipinski definition) is 2. The van der Waals surface area contributed by atoms with Crippen molar-refractivity contribution in [2.24, 2.45) is 5.73 Å². The van der Waals surface area contributed by atoms with E-state index in [1.54, 1.807) is 0 Å². The maximum Gasteiger partial charge on any atom is 0.320 e. The SMILES string of the molecule is C[S+](CC[C@H](N)C(=O)O)Cc1ccccc1.Cl.S.[Cl-]. The molecule has 0 amide bonds. The first kappa shape index (κ1) is 24.0. The summed E-state index contributed by atoms with van der Waals surface area (Å²) in [7, 11) is 0.199. The fourth-order valence-corrected chi connectivity index (χ4v) is 2.94. The normalized spacial score (nSPS) is 12.1. The first-order chi connectivity index (χ1) is 7.59. The molecule has 2 atom stereocenters. The highest BCUT2D eigenvalue weighted by Gasteiger charge is 2.18. The number of carboxylic acids is 1. The van der Waals surface area contributed by atoms with Gasteiger partial charge in [-0.15, -0.1) is 12.4 Å². The molecule has 0 aliphatic carbocycles. The third-order valence-electron chi connectivity index (χ3n) is 2.35. The lowest BCUT2D eigenvalue weighted by atomic mass is 10.2. The van der Waals surface area contributed by atoms with E-state index in [-0.39, 0.29) is 49.2 Å². The molecule has 1 rings (SSSR count). The van der Waals surface area contributed by atoms with Crippen LogP contribution in [0.1, 0.15) is 12.0 Å². The van der Waals surface area contributed by atoms with Crippen molar-refractivity contribution in [2.75, 3.05) is 12.0 Å². The Morgan fingerprint density at radius 1 is 1.37 bits per heavy atom. The van der Waals surface area contributed by atoms with Gasteiger partial charge in [-0.1, -0.05) is 30.3 Å². The standard InChI is InChI=1S/C12H17NO2S.2ClH.H2S/c1-16(8-7-11(13)12(14)15)9-10-5-3-2-4-6-10;;;/h2-6,11H,7-9,13H2,1H3;2*1H;1H2/t11-,16?;;;/m0.../s1. The Labute approximate surface area is 137 Å². The monoisotopic (exact) mass is 345 g/mol. The van der Waals surface area contributed by atoms with Gasteiger partial charge in [-0.25, -0.2) is 0 Å². The van der Waals surface area contributed by atoms with Gasteiger partial charge in [0.25, 0.3) is 0 Å². The maximum absolute atomic E-state index is 10.5. The average Bonchev–Trinajstić information content (AvgIpc) is 2.27. The Morgan fingerprint density at radius 2 is 1.89 bits per heavy atom. The van der Waals surface area contributed by atoms with E-state index >= 15 is 0 Å². The van der Waals surface area contributed by atoms with Crippen molar-refractivity contribution in [1.82, 2.24) is 0 Å². The zero-order valence-corrected chi connectivity index (χ0v) is 14.1. The van der Waals surface area contributed by atoms with Crippen LogP contribution in [0.3, 0.4) is 0 Å². The minimum Gasteiger partial charge on any atom is -1.00 e. The van der Waals surface area contributed by atoms with Crippen LogP contribution in [0, 0.1) is 0 Å². The zero-order chi connectivity index (χ0) is 12.0. The summed E-state index contributed by atoms with van der Waals surface area (Å²) in [6, 6.07) is 9.52. The number of carboxylic acid groups (broad SMARTS) is 1. The van der Waals surface area contributed by atoms with Crippen molar-refractivity contribution in [3.05, 3.63) is 35.9 Å². The van der Waals surface area contributed by atoms with Gasteiger partial charge < -0.3 is 23.2 Å². The number of hydrogen-bond acceptors (Lipinski definition) is 2. The summed E-state index contributed by atoms with van der Waals surface area (Å²) < 4.78 is 0. The van der Waals surface area contributed by atoms with Crippen molar-refractivity contribution in [3.8, 4) is 0 Å². The molecule has 0 radical (unpaired) electrons. The Kier molecular flexibility index (Phi) is 16.3. The lowest BCUT2D eigenvalue weighted by Crippen LogP contribution is -3.00. The van der Waals surface area contributed by atoms with E-state index in [2.05, 4.69) is 18.4 Å². The second kappa shape index (κ2) is 12.9. The van der Waals surface area contributed by atoms with Gasteiger partial charge in [-0.05, 0) is 10.9 Å². The highest BCUT2D eigenvalue weighted by molar-refractivity contribution is 7.95. The summed E-state index contributed by atoms with van der Waals surface area (Å²) in [5.74, 6) is 0.979. The maximum atomic E-state index is 10.5. The summed E-state index contributed by atoms with van der Waals surface area (Å²) in [6.07, 6.45) is 2.71. The second-order valence-corrected chi connectivity index (χ2v) is 6.11. The van der Waals surface area contributed by atoms with Crippen LogP contribution in [0.15, 0.2) is 30.3 Å².